The van der Waals surface area contributed by atoms with Crippen molar-refractivity contribution in [3.05, 3.63) is 48.7 Å². The zero-order chi connectivity index (χ0) is 17.5. The molecule has 1 aromatic carbocycles. The molecule has 0 saturated carbocycles. The number of rotatable bonds is 3. The third kappa shape index (κ3) is 2.60. The van der Waals surface area contributed by atoms with Gasteiger partial charge in [0.1, 0.15) is 18.5 Å². The standard InChI is InChI=1S/C19H21N7/c1-14-9-18-22-19(16-6-2-3-7-17(16)26(18)23-14)24-8-4-5-15(10-24)11-25-13-20-12-21-25/h2-3,6-7,9,12-13,15H,4-5,8,10-11H2,1H3/t15-/m1/s1. The third-order valence-electron chi connectivity index (χ3n) is 5.14. The maximum Gasteiger partial charge on any atom is 0.158 e. The molecule has 0 aliphatic carbocycles. The van der Waals surface area contributed by atoms with Gasteiger partial charge in [0.2, 0.25) is 0 Å². The summed E-state index contributed by atoms with van der Waals surface area (Å²) in [6.07, 6.45) is 5.78. The zero-order valence-electron chi connectivity index (χ0n) is 14.8. The minimum atomic E-state index is 0.550. The van der Waals surface area contributed by atoms with Crippen molar-refractivity contribution in [2.24, 2.45) is 5.92 Å². The zero-order valence-corrected chi connectivity index (χ0v) is 14.8. The highest BCUT2D eigenvalue weighted by molar-refractivity contribution is 5.91. The van der Waals surface area contributed by atoms with Crippen LogP contribution in [0.1, 0.15) is 18.5 Å². The van der Waals surface area contributed by atoms with Crippen LogP contribution >= 0.6 is 0 Å². The van der Waals surface area contributed by atoms with Gasteiger partial charge < -0.3 is 4.90 Å². The van der Waals surface area contributed by atoms with E-state index in [4.69, 9.17) is 4.98 Å². The van der Waals surface area contributed by atoms with Crippen LogP contribution in [0.4, 0.5) is 5.82 Å². The van der Waals surface area contributed by atoms with E-state index < -0.39 is 0 Å². The van der Waals surface area contributed by atoms with Crippen LogP contribution in [0.3, 0.4) is 0 Å². The summed E-state index contributed by atoms with van der Waals surface area (Å²) in [5, 5.41) is 10.0. The molecule has 4 heterocycles. The van der Waals surface area contributed by atoms with Gasteiger partial charge in [0.15, 0.2) is 5.65 Å². The van der Waals surface area contributed by atoms with Crippen LogP contribution in [0.15, 0.2) is 43.0 Å². The van der Waals surface area contributed by atoms with Gasteiger partial charge in [0, 0.05) is 31.1 Å². The molecule has 3 aromatic heterocycles. The minimum Gasteiger partial charge on any atom is -0.356 e. The average molecular weight is 347 g/mol. The lowest BCUT2D eigenvalue weighted by Crippen LogP contribution is -2.37. The van der Waals surface area contributed by atoms with Crippen molar-refractivity contribution < 1.29 is 0 Å². The van der Waals surface area contributed by atoms with E-state index in [2.05, 4.69) is 44.3 Å². The van der Waals surface area contributed by atoms with E-state index in [1.807, 2.05) is 22.2 Å². The Balaban J connectivity index is 1.54. The van der Waals surface area contributed by atoms with Crippen molar-refractivity contribution in [3.8, 4) is 0 Å². The van der Waals surface area contributed by atoms with E-state index in [0.717, 1.165) is 47.7 Å². The molecule has 26 heavy (non-hydrogen) atoms. The molecule has 0 unspecified atom stereocenters. The first kappa shape index (κ1) is 15.3. The summed E-state index contributed by atoms with van der Waals surface area (Å²) in [4.78, 5) is 11.5. The van der Waals surface area contributed by atoms with E-state index in [-0.39, 0.29) is 0 Å². The van der Waals surface area contributed by atoms with Gasteiger partial charge in [-0.3, -0.25) is 4.68 Å². The number of hydrogen-bond acceptors (Lipinski definition) is 5. The lowest BCUT2D eigenvalue weighted by molar-refractivity contribution is 0.351. The fourth-order valence-electron chi connectivity index (χ4n) is 4.00. The minimum absolute atomic E-state index is 0.550. The molecule has 1 fully saturated rings. The molecule has 5 rings (SSSR count). The number of anilines is 1. The monoisotopic (exact) mass is 347 g/mol. The Morgan fingerprint density at radius 2 is 2.15 bits per heavy atom. The maximum absolute atomic E-state index is 4.97. The Labute approximate surface area is 151 Å². The molecule has 1 aliphatic heterocycles. The van der Waals surface area contributed by atoms with Gasteiger partial charge in [-0.15, -0.1) is 0 Å². The van der Waals surface area contributed by atoms with E-state index in [1.54, 1.807) is 12.7 Å². The van der Waals surface area contributed by atoms with Gasteiger partial charge in [-0.05, 0) is 37.8 Å². The van der Waals surface area contributed by atoms with E-state index in [9.17, 15) is 0 Å². The lowest BCUT2D eigenvalue weighted by atomic mass is 9.97. The third-order valence-corrected chi connectivity index (χ3v) is 5.14. The summed E-state index contributed by atoms with van der Waals surface area (Å²) < 4.78 is 3.88. The van der Waals surface area contributed by atoms with Crippen LogP contribution < -0.4 is 4.90 Å². The number of aryl methyl sites for hydroxylation is 1. The Kier molecular flexibility index (Phi) is 3.58. The number of nitrogens with zero attached hydrogens (tertiary/aromatic N) is 7. The van der Waals surface area contributed by atoms with Gasteiger partial charge in [-0.1, -0.05) is 12.1 Å². The quantitative estimate of drug-likeness (QED) is 0.570. The van der Waals surface area contributed by atoms with E-state index >= 15 is 0 Å². The first-order valence-electron chi connectivity index (χ1n) is 9.10. The molecule has 132 valence electrons. The maximum atomic E-state index is 4.97. The SMILES string of the molecule is Cc1cc2nc(N3CCC[C@@H](Cn4cncn4)C3)c3ccccc3n2n1. The van der Waals surface area contributed by atoms with Gasteiger partial charge >= 0.3 is 0 Å². The van der Waals surface area contributed by atoms with E-state index in [0.29, 0.717) is 5.92 Å². The van der Waals surface area contributed by atoms with Gasteiger partial charge in [-0.25, -0.2) is 14.5 Å². The second-order valence-electron chi connectivity index (χ2n) is 7.08. The number of piperidine rings is 1. The Morgan fingerprint density at radius 3 is 3.04 bits per heavy atom. The lowest BCUT2D eigenvalue weighted by Gasteiger charge is -2.34. The van der Waals surface area contributed by atoms with Crippen LogP contribution in [0, 0.1) is 12.8 Å². The molecule has 0 bridgehead atoms. The highest BCUT2D eigenvalue weighted by Gasteiger charge is 2.24. The molecule has 1 atom stereocenters. The average Bonchev–Trinajstić information content (AvgIpc) is 3.30. The Morgan fingerprint density at radius 1 is 1.23 bits per heavy atom. The summed E-state index contributed by atoms with van der Waals surface area (Å²) in [6, 6.07) is 10.5. The molecule has 0 N–H and O–H groups in total. The second kappa shape index (κ2) is 6.09. The first-order chi connectivity index (χ1) is 12.8. The summed E-state index contributed by atoms with van der Waals surface area (Å²) in [6.45, 7) is 4.94. The molecule has 7 nitrogen and oxygen atoms in total. The van der Waals surface area contributed by atoms with Gasteiger partial charge in [0.25, 0.3) is 0 Å². The summed E-state index contributed by atoms with van der Waals surface area (Å²) in [5.41, 5.74) is 3.01. The highest BCUT2D eigenvalue weighted by Crippen LogP contribution is 2.30. The number of benzene rings is 1. The number of hydrogen-bond donors (Lipinski definition) is 0. The largest absolute Gasteiger partial charge is 0.356 e. The molecule has 1 aliphatic rings. The number of aromatic nitrogens is 6. The Hall–Kier alpha value is -2.96. The van der Waals surface area contributed by atoms with Crippen LogP contribution in [-0.2, 0) is 6.54 Å². The van der Waals surface area contributed by atoms with Crippen molar-refractivity contribution in [3.63, 3.8) is 0 Å². The first-order valence-corrected chi connectivity index (χ1v) is 9.10. The van der Waals surface area contributed by atoms with Crippen molar-refractivity contribution >= 4 is 22.4 Å². The van der Waals surface area contributed by atoms with Crippen molar-refractivity contribution in [2.45, 2.75) is 26.3 Å². The summed E-state index contributed by atoms with van der Waals surface area (Å²) >= 11 is 0. The number of fused-ring (bicyclic) bond motifs is 3. The van der Waals surface area contributed by atoms with Crippen LogP contribution in [-0.4, -0.2) is 42.5 Å². The molecule has 1 saturated heterocycles. The van der Waals surface area contributed by atoms with Crippen LogP contribution in [0.2, 0.25) is 0 Å². The molecule has 7 heteroatoms. The second-order valence-corrected chi connectivity index (χ2v) is 7.08. The van der Waals surface area contributed by atoms with Crippen LogP contribution in [0.25, 0.3) is 16.6 Å². The summed E-state index contributed by atoms with van der Waals surface area (Å²) in [7, 11) is 0. The predicted octanol–water partition coefficient (Wildman–Crippen LogP) is 2.70. The van der Waals surface area contributed by atoms with Gasteiger partial charge in [-0.2, -0.15) is 10.2 Å². The van der Waals surface area contributed by atoms with E-state index in [1.165, 1.54) is 12.8 Å². The van der Waals surface area contributed by atoms with Crippen LogP contribution in [0.5, 0.6) is 0 Å². The molecule has 0 spiro atoms. The van der Waals surface area contributed by atoms with Crippen molar-refractivity contribution in [2.75, 3.05) is 18.0 Å². The predicted molar refractivity (Wildman–Crippen MR) is 100 cm³/mol. The highest BCUT2D eigenvalue weighted by atomic mass is 15.3. The summed E-state index contributed by atoms with van der Waals surface area (Å²) in [5.74, 6) is 1.62. The Bertz CT molecular complexity index is 1050. The topological polar surface area (TPSA) is 64.1 Å². The smallest absolute Gasteiger partial charge is 0.158 e. The fourth-order valence-corrected chi connectivity index (χ4v) is 4.00. The fraction of sp³-hybridized carbons (Fsp3) is 0.368. The molecule has 4 aromatic rings. The van der Waals surface area contributed by atoms with Crippen molar-refractivity contribution in [1.29, 1.82) is 0 Å². The molecule has 0 radical (unpaired) electrons. The normalized spacial score (nSPS) is 18.0. The van der Waals surface area contributed by atoms with Gasteiger partial charge in [0.05, 0.1) is 11.2 Å². The molecular weight excluding hydrogens is 326 g/mol. The molecule has 0 amide bonds. The van der Waals surface area contributed by atoms with Crippen molar-refractivity contribution in [1.82, 2.24) is 29.4 Å². The number of para-hydroxylation sites is 1. The molecular formula is C19H21N7.